The van der Waals surface area contributed by atoms with Crippen molar-refractivity contribution in [3.63, 3.8) is 0 Å². The van der Waals surface area contributed by atoms with Crippen LogP contribution in [0, 0.1) is 0 Å². The summed E-state index contributed by atoms with van der Waals surface area (Å²) in [6.45, 7) is 0. The van der Waals surface area contributed by atoms with Crippen LogP contribution in [-0.2, 0) is 7.05 Å². The Morgan fingerprint density at radius 2 is 1.84 bits per heavy atom. The van der Waals surface area contributed by atoms with Crippen molar-refractivity contribution in [2.45, 2.75) is 12.0 Å². The minimum atomic E-state index is -0.707. The van der Waals surface area contributed by atoms with Gasteiger partial charge in [-0.1, -0.05) is 0 Å². The van der Waals surface area contributed by atoms with Crippen LogP contribution in [0.15, 0.2) is 35.7 Å². The van der Waals surface area contributed by atoms with Crippen molar-refractivity contribution < 1.29 is 5.11 Å². The lowest BCUT2D eigenvalue weighted by molar-refractivity contribution is 0.156. The lowest BCUT2D eigenvalue weighted by atomic mass is 10.00. The molecule has 0 saturated carbocycles. The maximum Gasteiger partial charge on any atom is 0.122 e. The summed E-state index contributed by atoms with van der Waals surface area (Å²) in [5.41, 5.74) is 0.928. The van der Waals surface area contributed by atoms with Crippen molar-refractivity contribution in [2.24, 2.45) is 7.05 Å². The first-order valence-corrected chi connectivity index (χ1v) is 7.46. The molecule has 5 nitrogen and oxygen atoms in total. The standard InChI is InChI=1S/C12H12N4OS2/c1-16-7-13-6-8(16)9(11-14-2-4-18-11)10(17)12-15-3-5-19-12/h2-7,9-10,17H,1H3. The van der Waals surface area contributed by atoms with Crippen LogP contribution in [0.5, 0.6) is 0 Å². The lowest BCUT2D eigenvalue weighted by Crippen LogP contribution is -2.15. The van der Waals surface area contributed by atoms with Gasteiger partial charge in [-0.25, -0.2) is 15.0 Å². The third-order valence-electron chi connectivity index (χ3n) is 2.91. The Morgan fingerprint density at radius 3 is 2.37 bits per heavy atom. The largest absolute Gasteiger partial charge is 0.385 e. The van der Waals surface area contributed by atoms with Gasteiger partial charge in [-0.05, 0) is 0 Å². The summed E-state index contributed by atoms with van der Waals surface area (Å²) in [6.07, 6.45) is 6.23. The smallest absolute Gasteiger partial charge is 0.122 e. The molecule has 3 aromatic rings. The lowest BCUT2D eigenvalue weighted by Gasteiger charge is -2.19. The first-order chi connectivity index (χ1) is 9.27. The van der Waals surface area contributed by atoms with Crippen molar-refractivity contribution in [2.75, 3.05) is 0 Å². The molecule has 3 aromatic heterocycles. The second-order valence-corrected chi connectivity index (χ2v) is 5.94. The Kier molecular flexibility index (Phi) is 3.41. The molecule has 98 valence electrons. The molecule has 0 amide bonds. The Balaban J connectivity index is 2.05. The van der Waals surface area contributed by atoms with Crippen LogP contribution in [0.4, 0.5) is 0 Å². The molecule has 7 heteroatoms. The minimum absolute atomic E-state index is 0.237. The highest BCUT2D eigenvalue weighted by Gasteiger charge is 2.30. The highest BCUT2D eigenvalue weighted by atomic mass is 32.1. The Labute approximate surface area is 118 Å². The van der Waals surface area contributed by atoms with Crippen LogP contribution in [0.25, 0.3) is 0 Å². The fourth-order valence-corrected chi connectivity index (χ4v) is 3.44. The van der Waals surface area contributed by atoms with E-state index in [0.717, 1.165) is 10.7 Å². The molecule has 2 unspecified atom stereocenters. The molecule has 0 saturated heterocycles. The fraction of sp³-hybridized carbons (Fsp3) is 0.250. The average molecular weight is 292 g/mol. The second-order valence-electron chi connectivity index (χ2n) is 4.09. The fourth-order valence-electron chi connectivity index (χ4n) is 2.00. The van der Waals surface area contributed by atoms with Gasteiger partial charge in [-0.3, -0.25) is 0 Å². The zero-order valence-electron chi connectivity index (χ0n) is 10.2. The van der Waals surface area contributed by atoms with Crippen LogP contribution < -0.4 is 0 Å². The van der Waals surface area contributed by atoms with Gasteiger partial charge in [-0.2, -0.15) is 0 Å². The van der Waals surface area contributed by atoms with Gasteiger partial charge in [0.1, 0.15) is 16.1 Å². The SMILES string of the molecule is Cn1cncc1C(c1nccs1)C(O)c1nccs1. The first-order valence-electron chi connectivity index (χ1n) is 5.70. The highest BCUT2D eigenvalue weighted by molar-refractivity contribution is 7.10. The number of aromatic nitrogens is 4. The number of aryl methyl sites for hydroxylation is 1. The maximum absolute atomic E-state index is 10.6. The van der Waals surface area contributed by atoms with Crippen molar-refractivity contribution in [1.29, 1.82) is 0 Å². The zero-order valence-corrected chi connectivity index (χ0v) is 11.8. The van der Waals surface area contributed by atoms with Crippen LogP contribution in [0.1, 0.15) is 27.7 Å². The van der Waals surface area contributed by atoms with Crippen molar-refractivity contribution in [3.05, 3.63) is 51.4 Å². The van der Waals surface area contributed by atoms with E-state index in [9.17, 15) is 5.11 Å². The predicted octanol–water partition coefficient (Wildman–Crippen LogP) is 2.20. The molecule has 0 aromatic carbocycles. The number of thiazole rings is 2. The van der Waals surface area contributed by atoms with Gasteiger partial charge in [-0.15, -0.1) is 22.7 Å². The van der Waals surface area contributed by atoms with Gasteiger partial charge >= 0.3 is 0 Å². The quantitative estimate of drug-likeness (QED) is 0.800. The van der Waals surface area contributed by atoms with E-state index in [1.807, 2.05) is 22.4 Å². The zero-order chi connectivity index (χ0) is 13.2. The maximum atomic E-state index is 10.6. The third kappa shape index (κ3) is 2.32. The van der Waals surface area contributed by atoms with Gasteiger partial charge in [0.05, 0.1) is 12.2 Å². The summed E-state index contributed by atoms with van der Waals surface area (Å²) < 4.78 is 1.91. The van der Waals surface area contributed by atoms with E-state index in [-0.39, 0.29) is 5.92 Å². The van der Waals surface area contributed by atoms with Crippen LogP contribution in [0.2, 0.25) is 0 Å². The van der Waals surface area contributed by atoms with Gasteiger partial charge in [0.2, 0.25) is 0 Å². The monoisotopic (exact) mass is 292 g/mol. The van der Waals surface area contributed by atoms with Crippen LogP contribution >= 0.6 is 22.7 Å². The predicted molar refractivity (Wildman–Crippen MR) is 74.2 cm³/mol. The molecule has 0 aliphatic heterocycles. The topological polar surface area (TPSA) is 63.8 Å². The molecule has 0 fully saturated rings. The highest BCUT2D eigenvalue weighted by Crippen LogP contribution is 2.37. The summed E-state index contributed by atoms with van der Waals surface area (Å²) in [6, 6.07) is 0. The molecular weight excluding hydrogens is 280 g/mol. The molecule has 0 bridgehead atoms. The van der Waals surface area contributed by atoms with Gasteiger partial charge in [0.15, 0.2) is 0 Å². The van der Waals surface area contributed by atoms with Crippen molar-refractivity contribution >= 4 is 22.7 Å². The Bertz CT molecular complexity index is 633. The molecule has 3 rings (SSSR count). The van der Waals surface area contributed by atoms with E-state index in [2.05, 4.69) is 15.0 Å². The number of nitrogens with zero attached hydrogens (tertiary/aromatic N) is 4. The van der Waals surface area contributed by atoms with E-state index < -0.39 is 6.10 Å². The van der Waals surface area contributed by atoms with Crippen molar-refractivity contribution in [1.82, 2.24) is 19.5 Å². The number of aliphatic hydroxyl groups is 1. The van der Waals surface area contributed by atoms with E-state index in [1.165, 1.54) is 22.7 Å². The molecular formula is C12H12N4OS2. The van der Waals surface area contributed by atoms with Gasteiger partial charge in [0, 0.05) is 42.1 Å². The van der Waals surface area contributed by atoms with Gasteiger partial charge in [0.25, 0.3) is 0 Å². The summed E-state index contributed by atoms with van der Waals surface area (Å²) in [5.74, 6) is -0.237. The molecule has 19 heavy (non-hydrogen) atoms. The summed E-state index contributed by atoms with van der Waals surface area (Å²) in [5, 5.41) is 15.9. The average Bonchev–Trinajstić information content (AvgIpc) is 3.11. The number of imidazole rings is 1. The number of hydrogen-bond donors (Lipinski definition) is 1. The third-order valence-corrected chi connectivity index (χ3v) is 4.62. The van der Waals surface area contributed by atoms with E-state index in [4.69, 9.17) is 0 Å². The summed E-state index contributed by atoms with van der Waals surface area (Å²) in [4.78, 5) is 12.7. The first kappa shape index (κ1) is 12.5. The summed E-state index contributed by atoms with van der Waals surface area (Å²) >= 11 is 2.97. The minimum Gasteiger partial charge on any atom is -0.385 e. The Hall–Kier alpha value is -1.57. The van der Waals surface area contributed by atoms with E-state index >= 15 is 0 Å². The van der Waals surface area contributed by atoms with Crippen molar-refractivity contribution in [3.8, 4) is 0 Å². The molecule has 0 spiro atoms. The molecule has 0 radical (unpaired) electrons. The van der Waals surface area contributed by atoms with E-state index in [0.29, 0.717) is 5.01 Å². The molecule has 0 aliphatic carbocycles. The van der Waals surface area contributed by atoms with Gasteiger partial charge < -0.3 is 9.67 Å². The molecule has 1 N–H and O–H groups in total. The number of hydrogen-bond acceptors (Lipinski definition) is 6. The normalized spacial score (nSPS) is 14.4. The summed E-state index contributed by atoms with van der Waals surface area (Å²) in [7, 11) is 1.91. The van der Waals surface area contributed by atoms with Crippen LogP contribution in [-0.4, -0.2) is 24.6 Å². The molecule has 2 atom stereocenters. The Morgan fingerprint density at radius 1 is 1.16 bits per heavy atom. The molecule has 0 aliphatic rings. The number of aliphatic hydroxyl groups excluding tert-OH is 1. The van der Waals surface area contributed by atoms with Crippen LogP contribution in [0.3, 0.4) is 0 Å². The second kappa shape index (κ2) is 5.20. The van der Waals surface area contributed by atoms with E-state index in [1.54, 1.807) is 24.9 Å². The number of rotatable bonds is 4. The molecule has 3 heterocycles.